The van der Waals surface area contributed by atoms with E-state index in [0.717, 1.165) is 24.5 Å². The molecule has 3 unspecified atom stereocenters. The Hall–Kier alpha value is -2.73. The lowest BCUT2D eigenvalue weighted by Crippen LogP contribution is -2.28. The number of benzene rings is 3. The van der Waals surface area contributed by atoms with Gasteiger partial charge in [-0.1, -0.05) is 78.4 Å². The molecule has 1 aromatic heterocycles. The molecule has 6 rings (SSSR count). The van der Waals surface area contributed by atoms with Crippen LogP contribution in [0.4, 0.5) is 5.69 Å². The predicted molar refractivity (Wildman–Crippen MR) is 186 cm³/mol. The summed E-state index contributed by atoms with van der Waals surface area (Å²) in [6.45, 7) is 16.3. The van der Waals surface area contributed by atoms with E-state index in [1.165, 1.54) is 65.9 Å². The van der Waals surface area contributed by atoms with Crippen LogP contribution in [0.25, 0.3) is 21.8 Å². The summed E-state index contributed by atoms with van der Waals surface area (Å²) in [5.74, 6) is 0.990. The number of pyridine rings is 1. The van der Waals surface area contributed by atoms with E-state index in [1.54, 1.807) is 7.11 Å². The number of rotatable bonds is 3. The molecule has 0 spiro atoms. The zero-order valence-electron chi connectivity index (χ0n) is 26.4. The van der Waals surface area contributed by atoms with E-state index in [2.05, 4.69) is 114 Å². The number of nitrogens with one attached hydrogen (secondary N) is 1. The lowest BCUT2D eigenvalue weighted by atomic mass is 10.0. The van der Waals surface area contributed by atoms with Crippen LogP contribution in [0, 0.1) is 20.8 Å². The Kier molecular flexibility index (Phi) is 8.21. The zero-order chi connectivity index (χ0) is 29.7. The van der Waals surface area contributed by atoms with Crippen molar-refractivity contribution in [3.63, 3.8) is 0 Å². The van der Waals surface area contributed by atoms with E-state index < -0.39 is 15.8 Å². The van der Waals surface area contributed by atoms with Crippen molar-refractivity contribution in [2.75, 3.05) is 12.4 Å². The first-order valence-corrected chi connectivity index (χ1v) is 18.5. The van der Waals surface area contributed by atoms with Crippen LogP contribution >= 0.6 is 15.8 Å². The van der Waals surface area contributed by atoms with Gasteiger partial charge in [-0.15, -0.1) is 0 Å². The number of allylic oxidation sites excluding steroid dienone is 1. The monoisotopic (exact) mass is 594 g/mol. The average Bonchev–Trinajstić information content (AvgIpc) is 2.94. The quantitative estimate of drug-likeness (QED) is 0.189. The number of nitrogens with zero attached hydrogens (tertiary/aromatic N) is 1. The summed E-state index contributed by atoms with van der Waals surface area (Å²) in [5, 5.41) is 9.63. The Labute approximate surface area is 254 Å². The zero-order valence-corrected chi connectivity index (χ0v) is 28.2. The van der Waals surface area contributed by atoms with Gasteiger partial charge in [0, 0.05) is 16.5 Å². The van der Waals surface area contributed by atoms with Crippen molar-refractivity contribution in [2.45, 2.75) is 84.6 Å². The smallest absolute Gasteiger partial charge is 0.115 e. The maximum atomic E-state index is 5.82. The van der Waals surface area contributed by atoms with E-state index in [0.29, 0.717) is 11.3 Å². The summed E-state index contributed by atoms with van der Waals surface area (Å²) in [4.78, 5) is 5.56. The minimum absolute atomic E-state index is 0.246. The van der Waals surface area contributed by atoms with Gasteiger partial charge in [0.05, 0.1) is 24.2 Å². The molecule has 5 heteroatoms. The molecule has 1 aliphatic carbocycles. The Morgan fingerprint density at radius 1 is 0.786 bits per heavy atom. The molecule has 218 valence electrons. The third kappa shape index (κ3) is 5.64. The Morgan fingerprint density at radius 3 is 2.00 bits per heavy atom. The van der Waals surface area contributed by atoms with Crippen LogP contribution < -0.4 is 10.6 Å². The molecule has 42 heavy (non-hydrogen) atoms. The molecule has 2 bridgehead atoms. The van der Waals surface area contributed by atoms with Gasteiger partial charge in [-0.3, -0.25) is 0 Å². The molecule has 1 aliphatic heterocycles. The number of aromatic nitrogens is 1. The van der Waals surface area contributed by atoms with E-state index in [9.17, 15) is 0 Å². The van der Waals surface area contributed by atoms with Gasteiger partial charge < -0.3 is 10.1 Å². The minimum Gasteiger partial charge on any atom is -0.497 e. The van der Waals surface area contributed by atoms with E-state index >= 15 is 0 Å². The maximum absolute atomic E-state index is 5.82. The maximum Gasteiger partial charge on any atom is 0.115 e. The molecule has 3 nitrogen and oxygen atoms in total. The van der Waals surface area contributed by atoms with E-state index in [-0.39, 0.29) is 6.04 Å². The second-order valence-electron chi connectivity index (χ2n) is 12.8. The van der Waals surface area contributed by atoms with Gasteiger partial charge in [-0.05, 0) is 115 Å². The second-order valence-corrected chi connectivity index (χ2v) is 18.3. The van der Waals surface area contributed by atoms with Gasteiger partial charge in [0.2, 0.25) is 0 Å². The lowest BCUT2D eigenvalue weighted by molar-refractivity contribution is 0.303. The van der Waals surface area contributed by atoms with Gasteiger partial charge >= 0.3 is 0 Å². The Bertz CT molecular complexity index is 1740. The minimum atomic E-state index is -0.502. The Balaban J connectivity index is 1.67. The van der Waals surface area contributed by atoms with E-state index in [4.69, 9.17) is 9.72 Å². The third-order valence-electron chi connectivity index (χ3n) is 8.75. The highest BCUT2D eigenvalue weighted by atomic mass is 31.1. The number of hydrogen-bond acceptors (Lipinski definition) is 3. The first-order chi connectivity index (χ1) is 20.1. The van der Waals surface area contributed by atoms with Gasteiger partial charge in [-0.2, -0.15) is 0 Å². The van der Waals surface area contributed by atoms with Gasteiger partial charge in [0.1, 0.15) is 5.76 Å². The van der Waals surface area contributed by atoms with Crippen LogP contribution in [0.2, 0.25) is 0 Å². The number of anilines is 1. The van der Waals surface area contributed by atoms with Crippen LogP contribution in [0.3, 0.4) is 0 Å². The largest absolute Gasteiger partial charge is 0.497 e. The highest BCUT2D eigenvalue weighted by molar-refractivity contribution is 7.66. The number of ether oxygens (including phenoxy) is 1. The summed E-state index contributed by atoms with van der Waals surface area (Å²) < 4.78 is 5.82. The molecule has 0 amide bonds. The number of hydrogen-bond donors (Lipinski definition) is 1. The lowest BCUT2D eigenvalue weighted by Gasteiger charge is -2.35. The third-order valence-corrected chi connectivity index (χ3v) is 14.7. The first kappa shape index (κ1) is 29.3. The van der Waals surface area contributed by atoms with Crippen LogP contribution in [-0.2, 0) is 17.1 Å². The molecule has 3 atom stereocenters. The molecule has 3 aromatic carbocycles. The fourth-order valence-corrected chi connectivity index (χ4v) is 11.8. The van der Waals surface area contributed by atoms with Crippen molar-refractivity contribution in [1.29, 1.82) is 0 Å². The standard InChI is InChI=1S/C37H44N2OP2/c1-22(2)41-20-29-15-25(6)13-27-18-28-14-26(7)16-30(37(28)39-36(27)29)21-42(23(3)4)35-19-31(40-8)10-12-33(35)38-32-11-9-24(5)17-34(32)41/h9-11,13-19,22-23,33,38H,12,20-21H2,1-8H3. The van der Waals surface area contributed by atoms with Gasteiger partial charge in [-0.25, -0.2) is 4.98 Å². The molecule has 0 radical (unpaired) electrons. The predicted octanol–water partition coefficient (Wildman–Crippen LogP) is 10.0. The van der Waals surface area contributed by atoms with Crippen molar-refractivity contribution >= 4 is 48.6 Å². The molecule has 1 N–H and O–H groups in total. The van der Waals surface area contributed by atoms with Gasteiger partial charge in [0.15, 0.2) is 0 Å². The number of aryl methyl sites for hydroxylation is 3. The summed E-state index contributed by atoms with van der Waals surface area (Å²) in [5.41, 5.74) is 11.4. The summed E-state index contributed by atoms with van der Waals surface area (Å²) >= 11 is 0. The molecular weight excluding hydrogens is 550 g/mol. The molecule has 2 aliphatic rings. The highest BCUT2D eigenvalue weighted by Gasteiger charge is 2.30. The topological polar surface area (TPSA) is 34.1 Å². The number of methoxy groups -OCH3 is 1. The summed E-state index contributed by atoms with van der Waals surface area (Å²) in [7, 11) is 0.812. The van der Waals surface area contributed by atoms with Gasteiger partial charge in [0.25, 0.3) is 0 Å². The van der Waals surface area contributed by atoms with Crippen LogP contribution in [0.5, 0.6) is 0 Å². The van der Waals surface area contributed by atoms with Crippen LogP contribution in [0.1, 0.15) is 61.9 Å². The van der Waals surface area contributed by atoms with E-state index in [1.807, 2.05) is 0 Å². The molecule has 0 fully saturated rings. The Morgan fingerprint density at radius 2 is 1.40 bits per heavy atom. The SMILES string of the molecule is COC1=CCC2Nc3ccc(C)cc3P(C(C)C)Cc3cc(C)cc4cc5cc(C)cc(c5nc34)CP(C(C)C)C2=C1. The fraction of sp³-hybridized carbons (Fsp3) is 0.378. The molecule has 4 aromatic rings. The summed E-state index contributed by atoms with van der Waals surface area (Å²) in [6, 6.07) is 19.2. The van der Waals surface area contributed by atoms with Crippen LogP contribution in [-0.4, -0.2) is 29.5 Å². The second kappa shape index (κ2) is 11.7. The first-order valence-electron chi connectivity index (χ1n) is 15.3. The highest BCUT2D eigenvalue weighted by Crippen LogP contribution is 2.56. The van der Waals surface area contributed by atoms with Crippen molar-refractivity contribution in [1.82, 2.24) is 4.98 Å². The van der Waals surface area contributed by atoms with Crippen molar-refractivity contribution in [3.8, 4) is 0 Å². The van der Waals surface area contributed by atoms with Crippen molar-refractivity contribution in [3.05, 3.63) is 99.6 Å². The normalized spacial score (nSPS) is 20.8. The van der Waals surface area contributed by atoms with Crippen LogP contribution in [0.15, 0.2) is 71.8 Å². The molecule has 2 heterocycles. The molecular formula is C37H44N2OP2. The fourth-order valence-electron chi connectivity index (χ4n) is 6.67. The molecule has 0 saturated carbocycles. The van der Waals surface area contributed by atoms with Crippen molar-refractivity contribution < 1.29 is 4.74 Å². The average molecular weight is 595 g/mol. The summed E-state index contributed by atoms with van der Waals surface area (Å²) in [6.07, 6.45) is 7.59. The number of fused-ring (bicyclic) bond motifs is 2. The molecule has 0 saturated heterocycles. The van der Waals surface area contributed by atoms with Crippen molar-refractivity contribution in [2.24, 2.45) is 0 Å².